The molecular formula is C18H23N5O3S. The predicted molar refractivity (Wildman–Crippen MR) is 99.0 cm³/mol. The van der Waals surface area contributed by atoms with Crippen molar-refractivity contribution in [3.05, 3.63) is 36.5 Å². The van der Waals surface area contributed by atoms with Gasteiger partial charge in [-0.2, -0.15) is 4.31 Å². The number of carbonyl (C=O) groups is 1. The second-order valence-electron chi connectivity index (χ2n) is 7.38. The first-order chi connectivity index (χ1) is 12.9. The zero-order chi connectivity index (χ0) is 19.0. The van der Waals surface area contributed by atoms with Crippen molar-refractivity contribution in [2.45, 2.75) is 43.5 Å². The van der Waals surface area contributed by atoms with Crippen molar-refractivity contribution in [2.24, 2.45) is 5.92 Å². The summed E-state index contributed by atoms with van der Waals surface area (Å²) in [5.41, 5.74) is 0.322. The summed E-state index contributed by atoms with van der Waals surface area (Å²) in [7, 11) is -3.53. The fourth-order valence-electron chi connectivity index (χ4n) is 3.24. The van der Waals surface area contributed by atoms with Gasteiger partial charge in [-0.25, -0.2) is 18.4 Å². The molecule has 1 aliphatic carbocycles. The number of nitrogens with one attached hydrogen (secondary N) is 1. The van der Waals surface area contributed by atoms with Gasteiger partial charge in [0.1, 0.15) is 22.7 Å². The molecule has 1 saturated heterocycles. The molecule has 1 amide bonds. The summed E-state index contributed by atoms with van der Waals surface area (Å²) in [6.07, 6.45) is 8.44. The Balaban J connectivity index is 1.50. The topological polar surface area (TPSA) is 97.2 Å². The molecule has 27 heavy (non-hydrogen) atoms. The number of rotatable bonds is 5. The highest BCUT2D eigenvalue weighted by Crippen LogP contribution is 2.23. The number of nitrogens with zero attached hydrogens (tertiary/aromatic N) is 4. The predicted octanol–water partition coefficient (Wildman–Crippen LogP) is 1.58. The van der Waals surface area contributed by atoms with Crippen LogP contribution in [0.5, 0.6) is 0 Å². The van der Waals surface area contributed by atoms with Gasteiger partial charge >= 0.3 is 0 Å². The fraction of sp³-hybridized carbons (Fsp3) is 0.500. The van der Waals surface area contributed by atoms with Crippen LogP contribution >= 0.6 is 0 Å². The van der Waals surface area contributed by atoms with Crippen LogP contribution in [-0.4, -0.2) is 52.3 Å². The molecule has 0 aromatic carbocycles. The van der Waals surface area contributed by atoms with Gasteiger partial charge in [-0.1, -0.05) is 6.92 Å². The normalized spacial score (nSPS) is 21.1. The number of carbonyl (C=O) groups excluding carboxylic acids is 1. The van der Waals surface area contributed by atoms with Crippen LogP contribution in [0.25, 0.3) is 5.82 Å². The standard InChI is InChI=1S/C18H23N5O3S/c1-13-3-2-8-23(10-13)27(25,26)15-6-7-17(19-9-15)22-11-16(20-12-22)18(24)21-14-4-5-14/h6-7,9,11-14H,2-5,8,10H2,1H3,(H,21,24)/t13-/m1/s1. The summed E-state index contributed by atoms with van der Waals surface area (Å²) in [4.78, 5) is 20.6. The molecule has 2 aromatic rings. The highest BCUT2D eigenvalue weighted by molar-refractivity contribution is 7.89. The van der Waals surface area contributed by atoms with Crippen molar-refractivity contribution in [2.75, 3.05) is 13.1 Å². The molecule has 144 valence electrons. The number of sulfonamides is 1. The maximum absolute atomic E-state index is 12.8. The van der Waals surface area contributed by atoms with E-state index in [1.807, 2.05) is 0 Å². The lowest BCUT2D eigenvalue weighted by molar-refractivity contribution is 0.0946. The number of amides is 1. The quantitative estimate of drug-likeness (QED) is 0.837. The fourth-order valence-corrected chi connectivity index (χ4v) is 4.79. The third kappa shape index (κ3) is 3.89. The Kier molecular flexibility index (Phi) is 4.73. The van der Waals surface area contributed by atoms with Gasteiger partial charge < -0.3 is 5.32 Å². The lowest BCUT2D eigenvalue weighted by atomic mass is 10.0. The Bertz CT molecular complexity index is 934. The molecular weight excluding hydrogens is 366 g/mol. The Morgan fingerprint density at radius 2 is 2.04 bits per heavy atom. The molecule has 1 aliphatic heterocycles. The van der Waals surface area contributed by atoms with E-state index in [-0.39, 0.29) is 16.8 Å². The highest BCUT2D eigenvalue weighted by Gasteiger charge is 2.29. The number of pyridine rings is 1. The molecule has 1 atom stereocenters. The molecule has 4 rings (SSSR count). The van der Waals surface area contributed by atoms with Gasteiger partial charge in [0.15, 0.2) is 0 Å². The van der Waals surface area contributed by atoms with Gasteiger partial charge in [0.05, 0.1) is 0 Å². The van der Waals surface area contributed by atoms with Crippen molar-refractivity contribution in [1.82, 2.24) is 24.2 Å². The summed E-state index contributed by atoms with van der Waals surface area (Å²) in [6.45, 7) is 3.17. The van der Waals surface area contributed by atoms with E-state index >= 15 is 0 Å². The van der Waals surface area contributed by atoms with Crippen LogP contribution in [0.1, 0.15) is 43.1 Å². The SMILES string of the molecule is C[C@@H]1CCCN(S(=O)(=O)c2ccc(-n3cnc(C(=O)NC4CC4)c3)nc2)C1. The third-order valence-electron chi connectivity index (χ3n) is 4.97. The molecule has 8 nitrogen and oxygen atoms in total. The summed E-state index contributed by atoms with van der Waals surface area (Å²) in [5.74, 6) is 0.681. The van der Waals surface area contributed by atoms with E-state index in [1.54, 1.807) is 22.9 Å². The van der Waals surface area contributed by atoms with E-state index in [0.717, 1.165) is 25.7 Å². The van der Waals surface area contributed by atoms with Gasteiger partial charge in [0.2, 0.25) is 10.0 Å². The summed E-state index contributed by atoms with van der Waals surface area (Å²) in [5, 5.41) is 2.88. The first-order valence-electron chi connectivity index (χ1n) is 9.25. The molecule has 0 bridgehead atoms. The maximum atomic E-state index is 12.8. The van der Waals surface area contributed by atoms with Crippen molar-refractivity contribution >= 4 is 15.9 Å². The van der Waals surface area contributed by atoms with Gasteiger partial charge in [-0.05, 0) is 43.7 Å². The number of hydrogen-bond donors (Lipinski definition) is 1. The zero-order valence-corrected chi connectivity index (χ0v) is 16.0. The Labute approximate surface area is 158 Å². The molecule has 0 spiro atoms. The van der Waals surface area contributed by atoms with Crippen LogP contribution in [0.15, 0.2) is 35.7 Å². The maximum Gasteiger partial charge on any atom is 0.271 e. The Morgan fingerprint density at radius 3 is 2.70 bits per heavy atom. The average Bonchev–Trinajstić information content (AvgIpc) is 3.33. The molecule has 2 aliphatic rings. The lowest BCUT2D eigenvalue weighted by Gasteiger charge is -2.29. The van der Waals surface area contributed by atoms with Crippen LogP contribution in [0.4, 0.5) is 0 Å². The number of hydrogen-bond acceptors (Lipinski definition) is 5. The zero-order valence-electron chi connectivity index (χ0n) is 15.2. The van der Waals surface area contributed by atoms with Crippen molar-refractivity contribution in [1.29, 1.82) is 0 Å². The Hall–Kier alpha value is -2.26. The summed E-state index contributed by atoms with van der Waals surface area (Å²) < 4.78 is 28.7. The minimum absolute atomic E-state index is 0.187. The molecule has 3 heterocycles. The van der Waals surface area contributed by atoms with E-state index in [1.165, 1.54) is 16.8 Å². The number of aromatic nitrogens is 3. The first kappa shape index (κ1) is 18.1. The lowest BCUT2D eigenvalue weighted by Crippen LogP contribution is -2.39. The van der Waals surface area contributed by atoms with Gasteiger partial charge in [0.25, 0.3) is 5.91 Å². The first-order valence-corrected chi connectivity index (χ1v) is 10.7. The summed E-state index contributed by atoms with van der Waals surface area (Å²) in [6, 6.07) is 3.45. The van der Waals surface area contributed by atoms with Crippen LogP contribution in [0.2, 0.25) is 0 Å². The van der Waals surface area contributed by atoms with Gasteiger partial charge in [-0.3, -0.25) is 9.36 Å². The molecule has 2 fully saturated rings. The van der Waals surface area contributed by atoms with Crippen LogP contribution in [-0.2, 0) is 10.0 Å². The molecule has 1 N–H and O–H groups in total. The number of piperidine rings is 1. The van der Waals surface area contributed by atoms with Crippen LogP contribution in [0, 0.1) is 5.92 Å². The monoisotopic (exact) mass is 389 g/mol. The second-order valence-corrected chi connectivity index (χ2v) is 9.31. The van der Waals surface area contributed by atoms with Gasteiger partial charge in [-0.15, -0.1) is 0 Å². The van der Waals surface area contributed by atoms with Crippen molar-refractivity contribution in [3.63, 3.8) is 0 Å². The van der Waals surface area contributed by atoms with Crippen molar-refractivity contribution < 1.29 is 13.2 Å². The summed E-state index contributed by atoms with van der Waals surface area (Å²) >= 11 is 0. The largest absolute Gasteiger partial charge is 0.348 e. The minimum atomic E-state index is -3.53. The van der Waals surface area contributed by atoms with E-state index in [0.29, 0.717) is 30.5 Å². The third-order valence-corrected chi connectivity index (χ3v) is 6.82. The molecule has 9 heteroatoms. The van der Waals surface area contributed by atoms with Gasteiger partial charge in [0, 0.05) is 31.5 Å². The molecule has 1 saturated carbocycles. The van der Waals surface area contributed by atoms with Crippen LogP contribution < -0.4 is 5.32 Å². The van der Waals surface area contributed by atoms with Crippen LogP contribution in [0.3, 0.4) is 0 Å². The number of imidazole rings is 1. The van der Waals surface area contributed by atoms with E-state index < -0.39 is 10.0 Å². The Morgan fingerprint density at radius 1 is 1.22 bits per heavy atom. The highest BCUT2D eigenvalue weighted by atomic mass is 32.2. The minimum Gasteiger partial charge on any atom is -0.348 e. The molecule has 0 unspecified atom stereocenters. The second kappa shape index (κ2) is 7.05. The average molecular weight is 389 g/mol. The van der Waals surface area contributed by atoms with E-state index in [9.17, 15) is 13.2 Å². The van der Waals surface area contributed by atoms with E-state index in [4.69, 9.17) is 0 Å². The smallest absolute Gasteiger partial charge is 0.271 e. The molecule has 0 radical (unpaired) electrons. The molecule has 2 aromatic heterocycles. The van der Waals surface area contributed by atoms with Crippen molar-refractivity contribution in [3.8, 4) is 5.82 Å². The van der Waals surface area contributed by atoms with E-state index in [2.05, 4.69) is 22.2 Å².